The molecule has 24 heavy (non-hydrogen) atoms. The van der Waals surface area contributed by atoms with Crippen LogP contribution in [0.4, 0.5) is 0 Å². The molecule has 0 rings (SSSR count). The molecule has 0 bridgehead atoms. The Morgan fingerprint density at radius 2 is 1.75 bits per heavy atom. The number of amides is 3. The number of carbonyl (C=O) groups excluding carboxylic acids is 3. The highest BCUT2D eigenvalue weighted by Crippen LogP contribution is 2.02. The first-order chi connectivity index (χ1) is 11.3. The predicted molar refractivity (Wildman–Crippen MR) is 95.0 cm³/mol. The molecule has 0 aromatic rings. The van der Waals surface area contributed by atoms with Crippen molar-refractivity contribution in [3.05, 3.63) is 0 Å². The molecule has 0 saturated carbocycles. The molecule has 3 atom stereocenters. The Labute approximate surface area is 150 Å². The van der Waals surface area contributed by atoms with Gasteiger partial charge in [-0.25, -0.2) is 4.79 Å². The maximum atomic E-state index is 12.0. The highest BCUT2D eigenvalue weighted by atomic mass is 32.2. The summed E-state index contributed by atoms with van der Waals surface area (Å²) in [7, 11) is 0. The fourth-order valence-electron chi connectivity index (χ4n) is 1.62. The number of carboxylic acids is 1. The van der Waals surface area contributed by atoms with E-state index in [-0.39, 0.29) is 18.7 Å². The third-order valence-corrected chi connectivity index (χ3v) is 4.01. The number of carboxylic acid groups (broad SMARTS) is 1. The summed E-state index contributed by atoms with van der Waals surface area (Å²) in [5.74, 6) is -2.29. The zero-order chi connectivity index (χ0) is 18.7. The van der Waals surface area contributed by atoms with Crippen molar-refractivity contribution in [2.24, 2.45) is 5.73 Å². The van der Waals surface area contributed by atoms with Gasteiger partial charge in [0.1, 0.15) is 18.1 Å². The van der Waals surface area contributed by atoms with E-state index >= 15 is 0 Å². The minimum Gasteiger partial charge on any atom is -0.480 e. The number of thioether (sulfide) groups is 1. The first-order valence-corrected chi connectivity index (χ1v) is 9.22. The third kappa shape index (κ3) is 8.41. The van der Waals surface area contributed by atoms with E-state index in [2.05, 4.69) is 28.6 Å². The second-order valence-corrected chi connectivity index (χ2v) is 6.27. The minimum atomic E-state index is -1.14. The smallest absolute Gasteiger partial charge is 0.326 e. The van der Waals surface area contributed by atoms with Crippen molar-refractivity contribution in [3.8, 4) is 0 Å². The van der Waals surface area contributed by atoms with Crippen molar-refractivity contribution < 1.29 is 24.3 Å². The van der Waals surface area contributed by atoms with Gasteiger partial charge in [-0.2, -0.15) is 24.4 Å². The summed E-state index contributed by atoms with van der Waals surface area (Å²) in [6.07, 6.45) is 2.10. The molecule has 3 unspecified atom stereocenters. The monoisotopic (exact) mass is 380 g/mol. The highest BCUT2D eigenvalue weighted by Gasteiger charge is 2.26. The highest BCUT2D eigenvalue weighted by molar-refractivity contribution is 7.98. The van der Waals surface area contributed by atoms with Crippen molar-refractivity contribution in [2.75, 3.05) is 24.3 Å². The summed E-state index contributed by atoms with van der Waals surface area (Å²) in [6, 6.07) is -2.93. The summed E-state index contributed by atoms with van der Waals surface area (Å²) < 4.78 is 0. The van der Waals surface area contributed by atoms with Crippen molar-refractivity contribution >= 4 is 48.1 Å². The van der Waals surface area contributed by atoms with Gasteiger partial charge in [0.2, 0.25) is 17.7 Å². The Morgan fingerprint density at radius 3 is 2.21 bits per heavy atom. The number of nitrogens with one attached hydrogen (secondary N) is 3. The van der Waals surface area contributed by atoms with Crippen LogP contribution in [0.3, 0.4) is 0 Å². The van der Waals surface area contributed by atoms with Crippen LogP contribution in [-0.2, 0) is 19.2 Å². The van der Waals surface area contributed by atoms with Gasteiger partial charge in [-0.1, -0.05) is 0 Å². The van der Waals surface area contributed by atoms with Crippen LogP contribution in [0.5, 0.6) is 0 Å². The van der Waals surface area contributed by atoms with E-state index in [0.29, 0.717) is 5.75 Å². The molecule has 0 fully saturated rings. The van der Waals surface area contributed by atoms with E-state index in [1.54, 1.807) is 0 Å². The number of aliphatic carboxylic acids is 1. The van der Waals surface area contributed by atoms with E-state index in [4.69, 9.17) is 10.8 Å². The quantitative estimate of drug-likeness (QED) is 0.231. The first-order valence-electron chi connectivity index (χ1n) is 7.19. The van der Waals surface area contributed by atoms with E-state index in [9.17, 15) is 19.2 Å². The molecule has 0 radical (unpaired) electrons. The maximum absolute atomic E-state index is 12.0. The van der Waals surface area contributed by atoms with Gasteiger partial charge < -0.3 is 26.8 Å². The molecule has 0 aromatic heterocycles. The van der Waals surface area contributed by atoms with E-state index in [0.717, 1.165) is 0 Å². The first kappa shape index (κ1) is 22.5. The lowest BCUT2D eigenvalue weighted by Gasteiger charge is -2.21. The standard InChI is InChI=1S/C13H24N4O5S2/c1-7(11(19)17-8(13(21)22)3-4-24-2)15-12(20)9(6-23)16-10(18)5-14/h7-9,23H,3-6,14H2,1-2H3,(H,15,20)(H,16,18)(H,17,19)(H,21,22). The molecule has 0 saturated heterocycles. The molecule has 0 aliphatic heterocycles. The summed E-state index contributed by atoms with van der Waals surface area (Å²) in [5.41, 5.74) is 5.16. The van der Waals surface area contributed by atoms with E-state index in [1.165, 1.54) is 18.7 Å². The molecule has 3 amide bonds. The molecule has 138 valence electrons. The Bertz CT molecular complexity index is 464. The Balaban J connectivity index is 4.63. The molecule has 6 N–H and O–H groups in total. The van der Waals surface area contributed by atoms with Crippen LogP contribution < -0.4 is 21.7 Å². The Hall–Kier alpha value is -1.46. The van der Waals surface area contributed by atoms with Gasteiger partial charge in [0.25, 0.3) is 0 Å². The van der Waals surface area contributed by atoms with Crippen LogP contribution in [0.1, 0.15) is 13.3 Å². The molecule has 0 aliphatic rings. The number of hydrogen-bond donors (Lipinski definition) is 6. The SMILES string of the molecule is CSCCC(NC(=O)C(C)NC(=O)C(CS)NC(=O)CN)C(=O)O. The van der Waals surface area contributed by atoms with Crippen LogP contribution in [0, 0.1) is 0 Å². The number of hydrogen-bond acceptors (Lipinski definition) is 7. The van der Waals surface area contributed by atoms with Gasteiger partial charge in [-0.15, -0.1) is 0 Å². The van der Waals surface area contributed by atoms with Gasteiger partial charge in [-0.3, -0.25) is 14.4 Å². The topological polar surface area (TPSA) is 151 Å². The maximum Gasteiger partial charge on any atom is 0.326 e. The second kappa shape index (κ2) is 12.0. The van der Waals surface area contributed by atoms with E-state index in [1.807, 2.05) is 6.26 Å². The Morgan fingerprint density at radius 1 is 1.12 bits per heavy atom. The minimum absolute atomic E-state index is 0.0252. The average molecular weight is 380 g/mol. The molecule has 0 aliphatic carbocycles. The lowest BCUT2D eigenvalue weighted by molar-refractivity contribution is -0.142. The zero-order valence-electron chi connectivity index (χ0n) is 13.6. The molecule has 0 aromatic carbocycles. The van der Waals surface area contributed by atoms with Crippen LogP contribution in [0.2, 0.25) is 0 Å². The van der Waals surface area contributed by atoms with Gasteiger partial charge >= 0.3 is 5.97 Å². The lowest BCUT2D eigenvalue weighted by atomic mass is 10.2. The summed E-state index contributed by atoms with van der Waals surface area (Å²) >= 11 is 5.43. The van der Waals surface area contributed by atoms with Gasteiger partial charge in [0.05, 0.1) is 6.54 Å². The molecule has 0 spiro atoms. The summed E-state index contributed by atoms with van der Waals surface area (Å²) in [4.78, 5) is 46.4. The normalized spacial score (nSPS) is 14.2. The predicted octanol–water partition coefficient (Wildman–Crippen LogP) is -1.81. The second-order valence-electron chi connectivity index (χ2n) is 4.92. The van der Waals surface area contributed by atoms with Crippen molar-refractivity contribution in [2.45, 2.75) is 31.5 Å². The van der Waals surface area contributed by atoms with Gasteiger partial charge in [0.15, 0.2) is 0 Å². The molecule has 11 heteroatoms. The van der Waals surface area contributed by atoms with Crippen LogP contribution >= 0.6 is 24.4 Å². The van der Waals surface area contributed by atoms with Crippen molar-refractivity contribution in [3.63, 3.8) is 0 Å². The van der Waals surface area contributed by atoms with Crippen molar-refractivity contribution in [1.29, 1.82) is 0 Å². The fourth-order valence-corrected chi connectivity index (χ4v) is 2.35. The molecular weight excluding hydrogens is 356 g/mol. The van der Waals surface area contributed by atoms with Gasteiger partial charge in [0, 0.05) is 5.75 Å². The van der Waals surface area contributed by atoms with Gasteiger partial charge in [-0.05, 0) is 25.4 Å². The number of thiol groups is 1. The Kier molecular flexibility index (Phi) is 11.3. The summed E-state index contributed by atoms with van der Waals surface area (Å²) in [6.45, 7) is 1.14. The number of nitrogens with two attached hydrogens (primary N) is 1. The van der Waals surface area contributed by atoms with E-state index < -0.39 is 41.8 Å². The van der Waals surface area contributed by atoms with Crippen molar-refractivity contribution in [1.82, 2.24) is 16.0 Å². The lowest BCUT2D eigenvalue weighted by Crippen LogP contribution is -2.55. The molecular formula is C13H24N4O5S2. The van der Waals surface area contributed by atoms with Crippen LogP contribution in [0.25, 0.3) is 0 Å². The average Bonchev–Trinajstić information content (AvgIpc) is 2.55. The fraction of sp³-hybridized carbons (Fsp3) is 0.692. The number of carbonyl (C=O) groups is 4. The largest absolute Gasteiger partial charge is 0.480 e. The zero-order valence-corrected chi connectivity index (χ0v) is 15.3. The summed E-state index contributed by atoms with van der Waals surface area (Å²) in [5, 5.41) is 16.2. The molecule has 0 heterocycles. The third-order valence-electron chi connectivity index (χ3n) is 3.00. The van der Waals surface area contributed by atoms with Crippen LogP contribution in [-0.4, -0.2) is 71.2 Å². The van der Waals surface area contributed by atoms with Crippen LogP contribution in [0.15, 0.2) is 0 Å². The number of rotatable bonds is 11. The molecule has 9 nitrogen and oxygen atoms in total.